The van der Waals surface area contributed by atoms with Crippen LogP contribution in [-0.2, 0) is 0 Å². The van der Waals surface area contributed by atoms with Crippen LogP contribution in [0.4, 0.5) is 15.8 Å². The van der Waals surface area contributed by atoms with Crippen LogP contribution in [0.5, 0.6) is 0 Å². The first-order chi connectivity index (χ1) is 19.0. The zero-order valence-corrected chi connectivity index (χ0v) is 25.1. The smallest absolute Gasteiger partial charge is 0.276 e. The molecule has 212 valence electrons. The van der Waals surface area contributed by atoms with Crippen LogP contribution in [0.25, 0.3) is 0 Å². The largest absolute Gasteiger partial charge is 0.345 e. The van der Waals surface area contributed by atoms with Crippen LogP contribution in [0.3, 0.4) is 0 Å². The van der Waals surface area contributed by atoms with E-state index in [0.717, 1.165) is 44.0 Å². The number of hydrogen-bond acceptors (Lipinski definition) is 5. The van der Waals surface area contributed by atoms with Gasteiger partial charge in [-0.15, -0.1) is 0 Å². The number of amides is 3. The second-order valence-corrected chi connectivity index (χ2v) is 11.7. The average Bonchev–Trinajstić information content (AvgIpc) is 3.40. The number of aromatic amines is 1. The van der Waals surface area contributed by atoms with Gasteiger partial charge >= 0.3 is 0 Å². The standard InChI is InChI=1S/C28H31ClFIN6O3/c1-28(2,15-37-11-9-17(14-31)10-12-37)36-27(40)24-23(32-16-33-24)26(39)35-20-6-4-19(5-7-20)34-25(38)21-8-3-18(30)13-22(21)29/h3-8,13,16-17H,9-12,14-15H2,1-2H3,(H,32,33)(H,34,38)(H,35,39)(H,36,40). The van der Waals surface area contributed by atoms with Crippen molar-refractivity contribution in [2.24, 2.45) is 5.92 Å². The van der Waals surface area contributed by atoms with Crippen LogP contribution in [0.2, 0.25) is 5.02 Å². The van der Waals surface area contributed by atoms with Gasteiger partial charge in [0, 0.05) is 27.9 Å². The molecule has 0 spiro atoms. The van der Waals surface area contributed by atoms with Gasteiger partial charge in [-0.05, 0) is 88.2 Å². The van der Waals surface area contributed by atoms with Crippen molar-refractivity contribution in [3.63, 3.8) is 0 Å². The Morgan fingerprint density at radius 2 is 1.68 bits per heavy atom. The van der Waals surface area contributed by atoms with Gasteiger partial charge in [-0.1, -0.05) is 34.2 Å². The number of rotatable bonds is 9. The molecule has 0 bridgehead atoms. The van der Waals surface area contributed by atoms with Gasteiger partial charge in [-0.2, -0.15) is 0 Å². The summed E-state index contributed by atoms with van der Waals surface area (Å²) < 4.78 is 14.4. The Morgan fingerprint density at radius 3 is 2.27 bits per heavy atom. The molecule has 3 amide bonds. The van der Waals surface area contributed by atoms with Crippen molar-refractivity contribution in [3.05, 3.63) is 76.6 Å². The summed E-state index contributed by atoms with van der Waals surface area (Å²) in [4.78, 5) is 47.7. The molecule has 1 aliphatic heterocycles. The fraction of sp³-hybridized carbons (Fsp3) is 0.357. The lowest BCUT2D eigenvalue weighted by molar-refractivity contribution is 0.0857. The van der Waals surface area contributed by atoms with Gasteiger partial charge in [-0.3, -0.25) is 14.4 Å². The van der Waals surface area contributed by atoms with Gasteiger partial charge in [0.15, 0.2) is 5.69 Å². The van der Waals surface area contributed by atoms with E-state index in [1.165, 1.54) is 16.8 Å². The highest BCUT2D eigenvalue weighted by Crippen LogP contribution is 2.22. The van der Waals surface area contributed by atoms with Gasteiger partial charge in [0.1, 0.15) is 11.5 Å². The van der Waals surface area contributed by atoms with E-state index in [2.05, 4.69) is 53.4 Å². The van der Waals surface area contributed by atoms with Gasteiger partial charge < -0.3 is 25.8 Å². The van der Waals surface area contributed by atoms with Crippen LogP contribution >= 0.6 is 34.2 Å². The van der Waals surface area contributed by atoms with E-state index in [0.29, 0.717) is 17.9 Å². The summed E-state index contributed by atoms with van der Waals surface area (Å²) >= 11 is 8.40. The predicted octanol–water partition coefficient (Wildman–Crippen LogP) is 5.36. The third kappa shape index (κ3) is 7.79. The molecule has 2 heterocycles. The van der Waals surface area contributed by atoms with Crippen molar-refractivity contribution in [2.45, 2.75) is 32.2 Å². The van der Waals surface area contributed by atoms with E-state index in [4.69, 9.17) is 11.6 Å². The van der Waals surface area contributed by atoms with Crippen molar-refractivity contribution in [1.29, 1.82) is 0 Å². The van der Waals surface area contributed by atoms with Crippen LogP contribution in [0.15, 0.2) is 48.8 Å². The number of nitrogens with one attached hydrogen (secondary N) is 4. The minimum Gasteiger partial charge on any atom is -0.345 e. The SMILES string of the molecule is CC(C)(CN1CCC(CI)CC1)NC(=O)c1[nH]cnc1C(=O)Nc1ccc(NC(=O)c2ccc(F)cc2Cl)cc1. The van der Waals surface area contributed by atoms with E-state index in [9.17, 15) is 18.8 Å². The molecule has 0 atom stereocenters. The number of hydrogen-bond donors (Lipinski definition) is 4. The van der Waals surface area contributed by atoms with Crippen LogP contribution < -0.4 is 16.0 Å². The maximum atomic E-state index is 13.3. The number of nitrogens with zero attached hydrogens (tertiary/aromatic N) is 2. The first-order valence-electron chi connectivity index (χ1n) is 12.9. The maximum Gasteiger partial charge on any atom is 0.276 e. The number of benzene rings is 2. The second kappa shape index (κ2) is 13.1. The lowest BCUT2D eigenvalue weighted by atomic mass is 9.96. The van der Waals surface area contributed by atoms with Crippen LogP contribution in [-0.4, -0.2) is 62.2 Å². The molecule has 3 aromatic rings. The summed E-state index contributed by atoms with van der Waals surface area (Å²) in [6, 6.07) is 9.89. The maximum absolute atomic E-state index is 13.3. The van der Waals surface area contributed by atoms with E-state index in [1.807, 2.05) is 13.8 Å². The zero-order chi connectivity index (χ0) is 28.9. The first-order valence-corrected chi connectivity index (χ1v) is 14.8. The third-order valence-electron chi connectivity index (χ3n) is 6.65. The molecule has 2 aromatic carbocycles. The fourth-order valence-corrected chi connectivity index (χ4v) is 5.74. The number of likely N-dealkylation sites (tertiary alicyclic amines) is 1. The van der Waals surface area contributed by atoms with Gasteiger partial charge in [0.2, 0.25) is 0 Å². The molecule has 1 aromatic heterocycles. The number of halogens is 3. The van der Waals surface area contributed by atoms with E-state index in [1.54, 1.807) is 24.3 Å². The van der Waals surface area contributed by atoms with E-state index < -0.39 is 29.1 Å². The lowest BCUT2D eigenvalue weighted by Gasteiger charge is -2.37. The van der Waals surface area contributed by atoms with Gasteiger partial charge in [0.25, 0.3) is 17.7 Å². The topological polar surface area (TPSA) is 119 Å². The number of H-pyrrole nitrogens is 1. The number of aromatic nitrogens is 2. The molecule has 1 aliphatic rings. The second-order valence-electron chi connectivity index (χ2n) is 10.4. The molecule has 0 radical (unpaired) electrons. The van der Waals surface area contributed by atoms with Crippen molar-refractivity contribution < 1.29 is 18.8 Å². The van der Waals surface area contributed by atoms with Crippen LogP contribution in [0, 0.1) is 11.7 Å². The monoisotopic (exact) mass is 680 g/mol. The number of carbonyl (C=O) groups excluding carboxylic acids is 3. The first kappa shape index (κ1) is 29.9. The van der Waals surface area contributed by atoms with E-state index >= 15 is 0 Å². The minimum absolute atomic E-state index is 0.0000404. The molecule has 4 rings (SSSR count). The molecular formula is C28H31ClFIN6O3. The Labute approximate surface area is 250 Å². The Kier molecular flexibility index (Phi) is 9.80. The highest BCUT2D eigenvalue weighted by molar-refractivity contribution is 14.1. The van der Waals surface area contributed by atoms with Gasteiger partial charge in [0.05, 0.1) is 16.9 Å². The summed E-state index contributed by atoms with van der Waals surface area (Å²) in [6.45, 7) is 6.66. The summed E-state index contributed by atoms with van der Waals surface area (Å²) in [5.74, 6) is -1.24. The van der Waals surface area contributed by atoms with Gasteiger partial charge in [-0.25, -0.2) is 9.37 Å². The number of imidazole rings is 1. The van der Waals surface area contributed by atoms with Crippen molar-refractivity contribution in [1.82, 2.24) is 20.2 Å². The minimum atomic E-state index is -0.556. The number of anilines is 2. The average molecular weight is 681 g/mol. The van der Waals surface area contributed by atoms with Crippen molar-refractivity contribution in [2.75, 3.05) is 34.7 Å². The molecular weight excluding hydrogens is 650 g/mol. The Morgan fingerprint density at radius 1 is 1.05 bits per heavy atom. The molecule has 1 fully saturated rings. The van der Waals surface area contributed by atoms with Crippen molar-refractivity contribution in [3.8, 4) is 0 Å². The zero-order valence-electron chi connectivity index (χ0n) is 22.2. The molecule has 9 nitrogen and oxygen atoms in total. The quantitative estimate of drug-likeness (QED) is 0.179. The molecule has 0 unspecified atom stereocenters. The predicted molar refractivity (Wildman–Crippen MR) is 162 cm³/mol. The van der Waals surface area contributed by atoms with E-state index in [-0.39, 0.29) is 22.0 Å². The molecule has 12 heteroatoms. The third-order valence-corrected chi connectivity index (χ3v) is 8.21. The highest BCUT2D eigenvalue weighted by Gasteiger charge is 2.29. The summed E-state index contributed by atoms with van der Waals surface area (Å²) in [5.41, 5.74) is 0.560. The highest BCUT2D eigenvalue weighted by atomic mass is 127. The molecule has 4 N–H and O–H groups in total. The summed E-state index contributed by atoms with van der Waals surface area (Å²) in [5, 5.41) is 8.43. The number of carbonyl (C=O) groups is 3. The molecule has 0 aliphatic carbocycles. The lowest BCUT2D eigenvalue weighted by Crippen LogP contribution is -2.53. The normalized spacial score (nSPS) is 14.5. The fourth-order valence-electron chi connectivity index (χ4n) is 4.61. The Hall–Kier alpha value is -3.03. The summed E-state index contributed by atoms with van der Waals surface area (Å²) in [6.07, 6.45) is 3.63. The molecule has 40 heavy (non-hydrogen) atoms. The van der Waals surface area contributed by atoms with Crippen LogP contribution in [0.1, 0.15) is 58.0 Å². The Balaban J connectivity index is 1.34. The number of alkyl halides is 1. The molecule has 0 saturated carbocycles. The Bertz CT molecular complexity index is 1370. The molecule has 1 saturated heterocycles. The summed E-state index contributed by atoms with van der Waals surface area (Å²) in [7, 11) is 0. The van der Waals surface area contributed by atoms with Crippen molar-refractivity contribution >= 4 is 63.3 Å². The number of piperidine rings is 1.